The topological polar surface area (TPSA) is 125 Å². The van der Waals surface area contributed by atoms with E-state index in [2.05, 4.69) is 25.3 Å². The van der Waals surface area contributed by atoms with Crippen molar-refractivity contribution in [3.63, 3.8) is 0 Å². The van der Waals surface area contributed by atoms with Gasteiger partial charge in [0.25, 0.3) is 0 Å². The number of methoxy groups -OCH3 is 1. The molecule has 0 aliphatic carbocycles. The second-order valence-corrected chi connectivity index (χ2v) is 5.08. The van der Waals surface area contributed by atoms with Gasteiger partial charge in [0.2, 0.25) is 5.82 Å². The Morgan fingerprint density at radius 2 is 2.25 bits per heavy atom. The van der Waals surface area contributed by atoms with Crippen molar-refractivity contribution < 1.29 is 14.5 Å². The highest BCUT2D eigenvalue weighted by molar-refractivity contribution is 5.96. The average molecular weight is 334 g/mol. The van der Waals surface area contributed by atoms with Gasteiger partial charge >= 0.3 is 11.7 Å². The number of rotatable bonds is 7. The van der Waals surface area contributed by atoms with Gasteiger partial charge in [-0.25, -0.2) is 9.78 Å². The molecule has 10 heteroatoms. The molecule has 0 bridgehead atoms. The number of aryl methyl sites for hydroxylation is 2. The summed E-state index contributed by atoms with van der Waals surface area (Å²) in [6.07, 6.45) is 2.67. The lowest BCUT2D eigenvalue weighted by atomic mass is 10.2. The molecule has 1 N–H and O–H groups in total. The van der Waals surface area contributed by atoms with Crippen LogP contribution in [0.1, 0.15) is 35.1 Å². The zero-order valence-corrected chi connectivity index (χ0v) is 13.6. The maximum atomic E-state index is 11.8. The van der Waals surface area contributed by atoms with Crippen LogP contribution in [-0.2, 0) is 17.8 Å². The summed E-state index contributed by atoms with van der Waals surface area (Å²) in [4.78, 5) is 26.6. The van der Waals surface area contributed by atoms with Crippen LogP contribution < -0.4 is 5.32 Å². The van der Waals surface area contributed by atoms with Crippen molar-refractivity contribution >= 4 is 17.5 Å². The summed E-state index contributed by atoms with van der Waals surface area (Å²) in [7, 11) is 1.17. The van der Waals surface area contributed by atoms with Crippen molar-refractivity contribution in [3.05, 3.63) is 39.3 Å². The Labute approximate surface area is 138 Å². The van der Waals surface area contributed by atoms with E-state index in [1.807, 2.05) is 6.92 Å². The molecule has 0 radical (unpaired) electrons. The second kappa shape index (κ2) is 7.49. The van der Waals surface area contributed by atoms with Crippen molar-refractivity contribution in [2.45, 2.75) is 33.4 Å². The van der Waals surface area contributed by atoms with E-state index in [0.29, 0.717) is 11.4 Å². The Morgan fingerprint density at radius 3 is 2.88 bits per heavy atom. The van der Waals surface area contributed by atoms with Gasteiger partial charge in [-0.3, -0.25) is 14.8 Å². The number of carbonyl (C=O) groups excluding carboxylic acids is 1. The quantitative estimate of drug-likeness (QED) is 0.461. The third-order valence-corrected chi connectivity index (χ3v) is 3.18. The van der Waals surface area contributed by atoms with Gasteiger partial charge in [-0.2, -0.15) is 0 Å². The maximum absolute atomic E-state index is 11.8. The summed E-state index contributed by atoms with van der Waals surface area (Å²) in [5.74, 6) is -0.797. The molecule has 0 aliphatic rings. The molecule has 0 saturated heterocycles. The molecule has 2 rings (SSSR count). The molecule has 0 atom stereocenters. The number of carbonyl (C=O) groups is 1. The van der Waals surface area contributed by atoms with Crippen molar-refractivity contribution in [2.24, 2.45) is 0 Å². The molecule has 2 aromatic rings. The van der Waals surface area contributed by atoms with E-state index in [-0.39, 0.29) is 17.9 Å². The van der Waals surface area contributed by atoms with Crippen molar-refractivity contribution in [1.82, 2.24) is 20.0 Å². The number of nitro groups is 1. The standard InChI is InChI=1S/C14H18N6O4/c1-4-5-19-8-10(17-18-19)7-15-13-12(20(22)23)11(14(21)24-3)6-9(2)16-13/h6,8H,4-5,7H2,1-3H3,(H,15,16). The fourth-order valence-corrected chi connectivity index (χ4v) is 2.17. The van der Waals surface area contributed by atoms with E-state index in [0.717, 1.165) is 13.0 Å². The Hall–Kier alpha value is -3.04. The van der Waals surface area contributed by atoms with Gasteiger partial charge in [0.1, 0.15) is 11.3 Å². The van der Waals surface area contributed by atoms with Crippen molar-refractivity contribution in [3.8, 4) is 0 Å². The molecule has 0 amide bonds. The molecule has 0 unspecified atom stereocenters. The lowest BCUT2D eigenvalue weighted by Crippen LogP contribution is -2.12. The predicted molar refractivity (Wildman–Crippen MR) is 84.6 cm³/mol. The van der Waals surface area contributed by atoms with Gasteiger partial charge in [-0.1, -0.05) is 12.1 Å². The first-order valence-corrected chi connectivity index (χ1v) is 7.33. The first-order chi connectivity index (χ1) is 11.5. The third kappa shape index (κ3) is 3.83. The molecule has 10 nitrogen and oxygen atoms in total. The number of esters is 1. The summed E-state index contributed by atoms with van der Waals surface area (Å²) in [6.45, 7) is 4.59. The molecule has 0 aliphatic heterocycles. The summed E-state index contributed by atoms with van der Waals surface area (Å²) in [5, 5.41) is 22.1. The molecule has 0 fully saturated rings. The summed E-state index contributed by atoms with van der Waals surface area (Å²) in [6, 6.07) is 1.33. The summed E-state index contributed by atoms with van der Waals surface area (Å²) >= 11 is 0. The minimum absolute atomic E-state index is 0.00885. The maximum Gasteiger partial charge on any atom is 0.345 e. The largest absolute Gasteiger partial charge is 0.465 e. The Kier molecular flexibility index (Phi) is 5.40. The lowest BCUT2D eigenvalue weighted by Gasteiger charge is -2.09. The molecule has 24 heavy (non-hydrogen) atoms. The summed E-state index contributed by atoms with van der Waals surface area (Å²) < 4.78 is 6.29. The highest BCUT2D eigenvalue weighted by Crippen LogP contribution is 2.28. The number of anilines is 1. The molecule has 0 saturated carbocycles. The zero-order valence-electron chi connectivity index (χ0n) is 13.6. The van der Waals surface area contributed by atoms with E-state index in [4.69, 9.17) is 0 Å². The predicted octanol–water partition coefficient (Wildman–Crippen LogP) is 1.70. The van der Waals surface area contributed by atoms with Crippen LogP contribution in [0.2, 0.25) is 0 Å². The SMILES string of the molecule is CCCn1cc(CNc2nc(C)cc(C(=O)OC)c2[N+](=O)[O-])nn1. The molecule has 2 aromatic heterocycles. The first-order valence-electron chi connectivity index (χ1n) is 7.33. The smallest absolute Gasteiger partial charge is 0.345 e. The van der Waals surface area contributed by atoms with Crippen molar-refractivity contribution in [1.29, 1.82) is 0 Å². The highest BCUT2D eigenvalue weighted by atomic mass is 16.6. The molecule has 128 valence electrons. The van der Waals surface area contributed by atoms with Gasteiger partial charge < -0.3 is 10.1 Å². The van der Waals surface area contributed by atoms with Gasteiger partial charge in [0, 0.05) is 12.2 Å². The van der Waals surface area contributed by atoms with Crippen LogP contribution in [0, 0.1) is 17.0 Å². The minimum Gasteiger partial charge on any atom is -0.465 e. The fraction of sp³-hybridized carbons (Fsp3) is 0.429. The van der Waals surface area contributed by atoms with Crippen LogP contribution in [0.3, 0.4) is 0 Å². The van der Waals surface area contributed by atoms with Crippen LogP contribution in [0.4, 0.5) is 11.5 Å². The number of nitrogens with zero attached hydrogens (tertiary/aromatic N) is 5. The highest BCUT2D eigenvalue weighted by Gasteiger charge is 2.27. The number of aromatic nitrogens is 4. The van der Waals surface area contributed by atoms with E-state index >= 15 is 0 Å². The van der Waals surface area contributed by atoms with Crippen LogP contribution in [-0.4, -0.2) is 38.0 Å². The van der Waals surface area contributed by atoms with Crippen LogP contribution in [0.25, 0.3) is 0 Å². The van der Waals surface area contributed by atoms with Gasteiger partial charge in [0.15, 0.2) is 0 Å². The Bertz CT molecular complexity index is 758. The minimum atomic E-state index is -0.788. The van der Waals surface area contributed by atoms with Gasteiger partial charge in [-0.05, 0) is 19.4 Å². The number of ether oxygens (including phenoxy) is 1. The number of pyridine rings is 1. The average Bonchev–Trinajstić information content (AvgIpc) is 2.99. The van der Waals surface area contributed by atoms with E-state index in [1.54, 1.807) is 17.8 Å². The van der Waals surface area contributed by atoms with Gasteiger partial charge in [-0.15, -0.1) is 5.10 Å². The van der Waals surface area contributed by atoms with E-state index < -0.39 is 16.6 Å². The lowest BCUT2D eigenvalue weighted by molar-refractivity contribution is -0.384. The second-order valence-electron chi connectivity index (χ2n) is 5.08. The molecule has 0 spiro atoms. The molecule has 0 aromatic carbocycles. The monoisotopic (exact) mass is 334 g/mol. The normalized spacial score (nSPS) is 10.5. The van der Waals surface area contributed by atoms with Crippen LogP contribution in [0.15, 0.2) is 12.3 Å². The first kappa shape index (κ1) is 17.3. The van der Waals surface area contributed by atoms with E-state index in [9.17, 15) is 14.9 Å². The van der Waals surface area contributed by atoms with Crippen molar-refractivity contribution in [2.75, 3.05) is 12.4 Å². The Balaban J connectivity index is 2.29. The van der Waals surface area contributed by atoms with Crippen LogP contribution >= 0.6 is 0 Å². The summed E-state index contributed by atoms with van der Waals surface area (Å²) in [5.41, 5.74) is 0.499. The van der Waals surface area contributed by atoms with E-state index in [1.165, 1.54) is 13.2 Å². The zero-order chi connectivity index (χ0) is 17.7. The van der Waals surface area contributed by atoms with Gasteiger partial charge in [0.05, 0.1) is 24.8 Å². The molecular weight excluding hydrogens is 316 g/mol. The number of hydrogen-bond acceptors (Lipinski definition) is 8. The number of hydrogen-bond donors (Lipinski definition) is 1. The Morgan fingerprint density at radius 1 is 1.50 bits per heavy atom. The van der Waals surface area contributed by atoms with Crippen LogP contribution in [0.5, 0.6) is 0 Å². The fourth-order valence-electron chi connectivity index (χ4n) is 2.17. The molecule has 2 heterocycles. The number of nitrogens with one attached hydrogen (secondary N) is 1. The molecular formula is C14H18N6O4. The third-order valence-electron chi connectivity index (χ3n) is 3.18.